The molecule has 0 aromatic carbocycles. The second kappa shape index (κ2) is 6.32. The Morgan fingerprint density at radius 3 is 2.80 bits per heavy atom. The van der Waals surface area contributed by atoms with Crippen LogP contribution in [-0.2, 0) is 0 Å². The first-order chi connectivity index (χ1) is 9.52. The van der Waals surface area contributed by atoms with Gasteiger partial charge in [0.2, 0.25) is 11.1 Å². The van der Waals surface area contributed by atoms with Gasteiger partial charge in [-0.3, -0.25) is 10.1 Å². The standard InChI is InChI=1S/C12H17ClN4O3/c1-7-10(17(19)20)11(16-12(13)15-7)14-5-8-3-2-4-9(8)6-18/h8-9,18H,2-6H2,1H3,(H,14,15,16). The van der Waals surface area contributed by atoms with Gasteiger partial charge in [-0.2, -0.15) is 4.98 Å². The number of halogens is 1. The highest BCUT2D eigenvalue weighted by Gasteiger charge is 2.28. The van der Waals surface area contributed by atoms with E-state index in [0.717, 1.165) is 19.3 Å². The first-order valence-electron chi connectivity index (χ1n) is 6.56. The maximum atomic E-state index is 11.1. The molecule has 2 N–H and O–H groups in total. The Kier molecular flexibility index (Phi) is 4.72. The van der Waals surface area contributed by atoms with Gasteiger partial charge in [-0.25, -0.2) is 4.98 Å². The van der Waals surface area contributed by atoms with Gasteiger partial charge in [0.05, 0.1) is 4.92 Å². The summed E-state index contributed by atoms with van der Waals surface area (Å²) in [6.45, 7) is 2.22. The molecule has 0 saturated heterocycles. The van der Waals surface area contributed by atoms with Crippen LogP contribution in [0.3, 0.4) is 0 Å². The minimum Gasteiger partial charge on any atom is -0.396 e. The Morgan fingerprint density at radius 1 is 1.45 bits per heavy atom. The van der Waals surface area contributed by atoms with Crippen molar-refractivity contribution in [2.45, 2.75) is 26.2 Å². The molecular weight excluding hydrogens is 284 g/mol. The fourth-order valence-corrected chi connectivity index (χ4v) is 2.94. The molecule has 1 aliphatic rings. The molecule has 8 heteroatoms. The molecule has 2 atom stereocenters. The van der Waals surface area contributed by atoms with Gasteiger partial charge in [-0.05, 0) is 43.2 Å². The van der Waals surface area contributed by atoms with E-state index < -0.39 is 4.92 Å². The van der Waals surface area contributed by atoms with Crippen molar-refractivity contribution in [1.82, 2.24) is 9.97 Å². The largest absolute Gasteiger partial charge is 0.396 e. The molecule has 1 aromatic rings. The van der Waals surface area contributed by atoms with E-state index in [-0.39, 0.29) is 35.0 Å². The van der Waals surface area contributed by atoms with Gasteiger partial charge in [0.15, 0.2) is 0 Å². The third kappa shape index (κ3) is 3.16. The van der Waals surface area contributed by atoms with Gasteiger partial charge in [0.1, 0.15) is 5.69 Å². The van der Waals surface area contributed by atoms with Crippen LogP contribution in [0, 0.1) is 28.9 Å². The SMILES string of the molecule is Cc1nc(Cl)nc(NCC2CCCC2CO)c1[N+](=O)[O-]. The van der Waals surface area contributed by atoms with Gasteiger partial charge >= 0.3 is 5.69 Å². The van der Waals surface area contributed by atoms with Crippen molar-refractivity contribution in [3.8, 4) is 0 Å². The van der Waals surface area contributed by atoms with Crippen molar-refractivity contribution >= 4 is 23.1 Å². The normalized spacial score (nSPS) is 21.9. The van der Waals surface area contributed by atoms with Gasteiger partial charge in [-0.15, -0.1) is 0 Å². The molecule has 1 aromatic heterocycles. The Bertz CT molecular complexity index is 512. The van der Waals surface area contributed by atoms with E-state index in [0.29, 0.717) is 12.5 Å². The first kappa shape index (κ1) is 14.9. The first-order valence-corrected chi connectivity index (χ1v) is 6.94. The maximum Gasteiger partial charge on any atom is 0.332 e. The summed E-state index contributed by atoms with van der Waals surface area (Å²) in [6, 6.07) is 0. The lowest BCUT2D eigenvalue weighted by Gasteiger charge is -2.18. The molecule has 1 aliphatic carbocycles. The quantitative estimate of drug-likeness (QED) is 0.491. The van der Waals surface area contributed by atoms with Crippen LogP contribution in [0.1, 0.15) is 25.0 Å². The predicted octanol–water partition coefficient (Wildman–Crippen LogP) is 2.17. The third-order valence-corrected chi connectivity index (χ3v) is 3.97. The molecule has 110 valence electrons. The lowest BCUT2D eigenvalue weighted by atomic mass is 9.97. The van der Waals surface area contributed by atoms with E-state index in [1.54, 1.807) is 0 Å². The number of anilines is 1. The minimum atomic E-state index is -0.508. The molecule has 1 saturated carbocycles. The number of nitrogens with one attached hydrogen (secondary N) is 1. The summed E-state index contributed by atoms with van der Waals surface area (Å²) in [5.74, 6) is 0.699. The molecule has 1 fully saturated rings. The zero-order valence-corrected chi connectivity index (χ0v) is 11.9. The predicted molar refractivity (Wildman–Crippen MR) is 74.8 cm³/mol. The van der Waals surface area contributed by atoms with E-state index in [9.17, 15) is 15.2 Å². The highest BCUT2D eigenvalue weighted by molar-refractivity contribution is 6.28. The zero-order chi connectivity index (χ0) is 14.7. The van der Waals surface area contributed by atoms with Crippen molar-refractivity contribution in [3.63, 3.8) is 0 Å². The molecule has 2 rings (SSSR count). The Hall–Kier alpha value is -1.47. The van der Waals surface area contributed by atoms with Crippen LogP contribution in [0.2, 0.25) is 5.28 Å². The maximum absolute atomic E-state index is 11.1. The number of aliphatic hydroxyl groups excluding tert-OH is 1. The van der Waals surface area contributed by atoms with Crippen LogP contribution in [0.15, 0.2) is 0 Å². The van der Waals surface area contributed by atoms with Crippen LogP contribution in [0.4, 0.5) is 11.5 Å². The van der Waals surface area contributed by atoms with Crippen molar-refractivity contribution in [2.24, 2.45) is 11.8 Å². The Labute approximate surface area is 121 Å². The lowest BCUT2D eigenvalue weighted by Crippen LogP contribution is -2.22. The van der Waals surface area contributed by atoms with Gasteiger partial charge in [0.25, 0.3) is 0 Å². The van der Waals surface area contributed by atoms with Gasteiger partial charge < -0.3 is 10.4 Å². The fourth-order valence-electron chi connectivity index (χ4n) is 2.73. The Balaban J connectivity index is 2.14. The molecule has 0 bridgehead atoms. The average Bonchev–Trinajstić information content (AvgIpc) is 2.82. The van der Waals surface area contributed by atoms with Crippen molar-refractivity contribution < 1.29 is 10.0 Å². The number of hydrogen-bond acceptors (Lipinski definition) is 6. The van der Waals surface area contributed by atoms with E-state index in [4.69, 9.17) is 11.6 Å². The smallest absolute Gasteiger partial charge is 0.332 e. The van der Waals surface area contributed by atoms with Crippen LogP contribution in [0.5, 0.6) is 0 Å². The van der Waals surface area contributed by atoms with Crippen LogP contribution in [-0.4, -0.2) is 33.1 Å². The summed E-state index contributed by atoms with van der Waals surface area (Å²) < 4.78 is 0. The summed E-state index contributed by atoms with van der Waals surface area (Å²) in [6.07, 6.45) is 3.07. The Morgan fingerprint density at radius 2 is 2.15 bits per heavy atom. The highest BCUT2D eigenvalue weighted by atomic mass is 35.5. The number of rotatable bonds is 5. The van der Waals surface area contributed by atoms with Gasteiger partial charge in [0, 0.05) is 13.2 Å². The molecule has 0 radical (unpaired) electrons. The number of nitro groups is 1. The molecule has 7 nitrogen and oxygen atoms in total. The second-order valence-corrected chi connectivity index (χ2v) is 5.38. The molecule has 20 heavy (non-hydrogen) atoms. The molecule has 0 aliphatic heterocycles. The molecule has 0 spiro atoms. The van der Waals surface area contributed by atoms with Crippen molar-refractivity contribution in [3.05, 3.63) is 21.1 Å². The number of aliphatic hydroxyl groups is 1. The molecule has 1 heterocycles. The highest BCUT2D eigenvalue weighted by Crippen LogP contribution is 2.33. The van der Waals surface area contributed by atoms with Crippen LogP contribution >= 0.6 is 11.6 Å². The number of aromatic nitrogens is 2. The topological polar surface area (TPSA) is 101 Å². The third-order valence-electron chi connectivity index (χ3n) is 3.80. The fraction of sp³-hybridized carbons (Fsp3) is 0.667. The van der Waals surface area contributed by atoms with Crippen molar-refractivity contribution in [1.29, 1.82) is 0 Å². The van der Waals surface area contributed by atoms with Crippen LogP contribution in [0.25, 0.3) is 0 Å². The number of aryl methyl sites for hydroxylation is 1. The van der Waals surface area contributed by atoms with E-state index >= 15 is 0 Å². The zero-order valence-electron chi connectivity index (χ0n) is 11.2. The summed E-state index contributed by atoms with van der Waals surface area (Å²) in [5.41, 5.74) is 0.0931. The molecular formula is C12H17ClN4O3. The molecule has 0 amide bonds. The monoisotopic (exact) mass is 300 g/mol. The number of nitrogens with zero attached hydrogens (tertiary/aromatic N) is 3. The van der Waals surface area contributed by atoms with E-state index in [1.165, 1.54) is 6.92 Å². The minimum absolute atomic E-state index is 0.0132. The van der Waals surface area contributed by atoms with Gasteiger partial charge in [-0.1, -0.05) is 6.42 Å². The van der Waals surface area contributed by atoms with Crippen molar-refractivity contribution in [2.75, 3.05) is 18.5 Å². The summed E-state index contributed by atoms with van der Waals surface area (Å²) >= 11 is 5.75. The summed E-state index contributed by atoms with van der Waals surface area (Å²) in [7, 11) is 0. The summed E-state index contributed by atoms with van der Waals surface area (Å²) in [5, 5.41) is 23.3. The average molecular weight is 301 g/mol. The summed E-state index contributed by atoms with van der Waals surface area (Å²) in [4.78, 5) is 18.3. The molecule has 2 unspecified atom stereocenters. The second-order valence-electron chi connectivity index (χ2n) is 5.05. The van der Waals surface area contributed by atoms with E-state index in [2.05, 4.69) is 15.3 Å². The number of hydrogen-bond donors (Lipinski definition) is 2. The lowest BCUT2D eigenvalue weighted by molar-refractivity contribution is -0.385. The van der Waals surface area contributed by atoms with E-state index in [1.807, 2.05) is 0 Å². The van der Waals surface area contributed by atoms with Crippen LogP contribution < -0.4 is 5.32 Å².